The van der Waals surface area contributed by atoms with Gasteiger partial charge in [0.05, 0.1) is 0 Å². The molecule has 0 N–H and O–H groups in total. The maximum atomic E-state index is 2.43. The van der Waals surface area contributed by atoms with Crippen LogP contribution in [0.3, 0.4) is 0 Å². The van der Waals surface area contributed by atoms with E-state index in [1.807, 2.05) is 0 Å². The van der Waals surface area contributed by atoms with Gasteiger partial charge in [0.2, 0.25) is 0 Å². The third-order valence-electron chi connectivity index (χ3n) is 2.42. The summed E-state index contributed by atoms with van der Waals surface area (Å²) in [6.45, 7) is 13.6. The molecule has 0 nitrogen and oxygen atoms in total. The van der Waals surface area contributed by atoms with E-state index in [2.05, 4.69) is 47.6 Å². The van der Waals surface area contributed by atoms with E-state index < -0.39 is 0 Å². The standard InChI is InChI=1S/C12H24/c1-7-8-12(5,6)9-11(4)10(2)3/h9-10H,7-8H2,1-6H3/b11-9-. The van der Waals surface area contributed by atoms with Gasteiger partial charge in [0, 0.05) is 0 Å². The highest BCUT2D eigenvalue weighted by Crippen LogP contribution is 2.27. The molecule has 0 aromatic carbocycles. The molecule has 0 fully saturated rings. The monoisotopic (exact) mass is 168 g/mol. The fraction of sp³-hybridized carbons (Fsp3) is 0.833. The molecule has 0 heteroatoms. The fourth-order valence-corrected chi connectivity index (χ4v) is 1.50. The van der Waals surface area contributed by atoms with E-state index in [9.17, 15) is 0 Å². The van der Waals surface area contributed by atoms with Crippen LogP contribution in [0.15, 0.2) is 11.6 Å². The topological polar surface area (TPSA) is 0 Å². The Kier molecular flexibility index (Phi) is 4.59. The highest BCUT2D eigenvalue weighted by atomic mass is 14.2. The molecule has 0 heterocycles. The van der Waals surface area contributed by atoms with Crippen molar-refractivity contribution in [2.45, 2.75) is 54.4 Å². The number of allylic oxidation sites excluding steroid dienone is 2. The van der Waals surface area contributed by atoms with Crippen molar-refractivity contribution in [3.8, 4) is 0 Å². The number of hydrogen-bond acceptors (Lipinski definition) is 0. The molecule has 0 rings (SSSR count). The van der Waals surface area contributed by atoms with Crippen LogP contribution in [0, 0.1) is 11.3 Å². The van der Waals surface area contributed by atoms with Crippen molar-refractivity contribution < 1.29 is 0 Å². The van der Waals surface area contributed by atoms with Crippen molar-refractivity contribution >= 4 is 0 Å². The second-order valence-electron chi connectivity index (χ2n) is 4.78. The molecule has 0 unspecified atom stereocenters. The van der Waals surface area contributed by atoms with Gasteiger partial charge in [0.15, 0.2) is 0 Å². The molecule has 0 aliphatic heterocycles. The predicted molar refractivity (Wildman–Crippen MR) is 57.3 cm³/mol. The maximum Gasteiger partial charge on any atom is -0.0172 e. The van der Waals surface area contributed by atoms with Crippen LogP contribution in [0.4, 0.5) is 0 Å². The fourth-order valence-electron chi connectivity index (χ4n) is 1.50. The van der Waals surface area contributed by atoms with Crippen molar-refractivity contribution in [2.24, 2.45) is 11.3 Å². The van der Waals surface area contributed by atoms with Gasteiger partial charge in [0.1, 0.15) is 0 Å². The van der Waals surface area contributed by atoms with Crippen LogP contribution in [-0.4, -0.2) is 0 Å². The molecule has 0 atom stereocenters. The summed E-state index contributed by atoms with van der Waals surface area (Å²) in [5.41, 5.74) is 1.91. The normalized spacial score (nSPS) is 14.1. The van der Waals surface area contributed by atoms with Crippen LogP contribution in [0.25, 0.3) is 0 Å². The lowest BCUT2D eigenvalue weighted by Gasteiger charge is -2.21. The van der Waals surface area contributed by atoms with E-state index in [-0.39, 0.29) is 0 Å². The molecule has 0 aliphatic rings. The molecule has 72 valence electrons. The minimum Gasteiger partial charge on any atom is -0.0797 e. The molecule has 0 bridgehead atoms. The molecule has 0 spiro atoms. The molecule has 0 amide bonds. The van der Waals surface area contributed by atoms with Crippen LogP contribution in [0.5, 0.6) is 0 Å². The summed E-state index contributed by atoms with van der Waals surface area (Å²) in [6.07, 6.45) is 4.99. The van der Waals surface area contributed by atoms with Crippen molar-refractivity contribution in [3.63, 3.8) is 0 Å². The van der Waals surface area contributed by atoms with E-state index in [4.69, 9.17) is 0 Å². The number of rotatable bonds is 4. The first-order chi connectivity index (χ1) is 5.39. The summed E-state index contributed by atoms with van der Waals surface area (Å²) in [4.78, 5) is 0. The van der Waals surface area contributed by atoms with Crippen molar-refractivity contribution in [2.75, 3.05) is 0 Å². The average molecular weight is 168 g/mol. The molecule has 0 saturated heterocycles. The predicted octanol–water partition coefficient (Wildman–Crippen LogP) is 4.42. The molecular weight excluding hydrogens is 144 g/mol. The highest BCUT2D eigenvalue weighted by molar-refractivity contribution is 5.06. The zero-order chi connectivity index (χ0) is 9.78. The van der Waals surface area contributed by atoms with Gasteiger partial charge in [-0.2, -0.15) is 0 Å². The minimum atomic E-state index is 0.392. The first kappa shape index (κ1) is 11.7. The van der Waals surface area contributed by atoms with E-state index in [0.29, 0.717) is 11.3 Å². The van der Waals surface area contributed by atoms with Crippen LogP contribution in [0.2, 0.25) is 0 Å². The molecule has 0 aromatic heterocycles. The number of hydrogen-bond donors (Lipinski definition) is 0. The van der Waals surface area contributed by atoms with E-state index in [0.717, 1.165) is 0 Å². The molecule has 12 heavy (non-hydrogen) atoms. The smallest absolute Gasteiger partial charge is 0.0172 e. The van der Waals surface area contributed by atoms with Crippen molar-refractivity contribution in [3.05, 3.63) is 11.6 Å². The van der Waals surface area contributed by atoms with Crippen molar-refractivity contribution in [1.82, 2.24) is 0 Å². The highest BCUT2D eigenvalue weighted by Gasteiger charge is 2.13. The van der Waals surface area contributed by atoms with E-state index >= 15 is 0 Å². The Balaban J connectivity index is 4.28. The van der Waals surface area contributed by atoms with Gasteiger partial charge in [-0.25, -0.2) is 0 Å². The summed E-state index contributed by atoms with van der Waals surface area (Å²) < 4.78 is 0. The minimum absolute atomic E-state index is 0.392. The Labute approximate surface area is 78.1 Å². The van der Waals surface area contributed by atoms with Gasteiger partial charge in [-0.1, -0.05) is 52.7 Å². The second kappa shape index (κ2) is 4.69. The molecule has 0 aromatic rings. The van der Waals surface area contributed by atoms with Gasteiger partial charge in [-0.05, 0) is 24.7 Å². The third kappa shape index (κ3) is 4.58. The van der Waals surface area contributed by atoms with Crippen molar-refractivity contribution in [1.29, 1.82) is 0 Å². The quantitative estimate of drug-likeness (QED) is 0.545. The first-order valence-corrected chi connectivity index (χ1v) is 5.08. The van der Waals surface area contributed by atoms with Gasteiger partial charge >= 0.3 is 0 Å². The Morgan fingerprint density at radius 1 is 1.33 bits per heavy atom. The van der Waals surface area contributed by atoms with Gasteiger partial charge in [-0.15, -0.1) is 0 Å². The molecular formula is C12H24. The summed E-state index contributed by atoms with van der Waals surface area (Å²) in [5.74, 6) is 0.695. The van der Waals surface area contributed by atoms with E-state index in [1.165, 1.54) is 18.4 Å². The Morgan fingerprint density at radius 2 is 1.83 bits per heavy atom. The Morgan fingerprint density at radius 3 is 2.17 bits per heavy atom. The van der Waals surface area contributed by atoms with E-state index in [1.54, 1.807) is 0 Å². The zero-order valence-corrected chi connectivity index (χ0v) is 9.57. The SMILES string of the molecule is CCCC(C)(C)/C=C(/C)C(C)C. The summed E-state index contributed by atoms with van der Waals surface area (Å²) in [7, 11) is 0. The summed E-state index contributed by atoms with van der Waals surface area (Å²) in [5, 5.41) is 0. The van der Waals surface area contributed by atoms with Crippen LogP contribution < -0.4 is 0 Å². The largest absolute Gasteiger partial charge is 0.0797 e. The molecule has 0 aliphatic carbocycles. The first-order valence-electron chi connectivity index (χ1n) is 5.08. The average Bonchev–Trinajstić information content (AvgIpc) is 1.85. The van der Waals surface area contributed by atoms with Crippen LogP contribution in [-0.2, 0) is 0 Å². The maximum absolute atomic E-state index is 2.43. The third-order valence-corrected chi connectivity index (χ3v) is 2.42. The summed E-state index contributed by atoms with van der Waals surface area (Å²) >= 11 is 0. The molecule has 0 saturated carbocycles. The second-order valence-corrected chi connectivity index (χ2v) is 4.78. The van der Waals surface area contributed by atoms with Crippen LogP contribution in [0.1, 0.15) is 54.4 Å². The summed E-state index contributed by atoms with van der Waals surface area (Å²) in [6, 6.07) is 0. The Hall–Kier alpha value is -0.260. The Bertz CT molecular complexity index is 149. The van der Waals surface area contributed by atoms with Crippen LogP contribution >= 0.6 is 0 Å². The lowest BCUT2D eigenvalue weighted by Crippen LogP contribution is -2.08. The molecule has 0 radical (unpaired) electrons. The zero-order valence-electron chi connectivity index (χ0n) is 9.57. The van der Waals surface area contributed by atoms with Gasteiger partial charge in [0.25, 0.3) is 0 Å². The lowest BCUT2D eigenvalue weighted by molar-refractivity contribution is 0.425. The lowest BCUT2D eigenvalue weighted by atomic mass is 9.84. The van der Waals surface area contributed by atoms with Gasteiger partial charge in [-0.3, -0.25) is 0 Å². The van der Waals surface area contributed by atoms with Gasteiger partial charge < -0.3 is 0 Å².